The first kappa shape index (κ1) is 11.1. The van der Waals surface area contributed by atoms with Crippen LogP contribution in [0.1, 0.15) is 48.9 Å². The molecular formula is C18H19N. The lowest BCUT2D eigenvalue weighted by Crippen LogP contribution is -2.46. The van der Waals surface area contributed by atoms with Crippen molar-refractivity contribution in [1.29, 1.82) is 0 Å². The fourth-order valence-corrected chi connectivity index (χ4v) is 4.27. The van der Waals surface area contributed by atoms with Gasteiger partial charge >= 0.3 is 0 Å². The molecule has 1 heteroatoms. The highest BCUT2D eigenvalue weighted by atomic mass is 14.6. The second-order valence-electron chi connectivity index (χ2n) is 6.51. The van der Waals surface area contributed by atoms with Crippen molar-refractivity contribution >= 4 is 5.69 Å². The third-order valence-corrected chi connectivity index (χ3v) is 5.47. The molecule has 0 aliphatic heterocycles. The van der Waals surface area contributed by atoms with Gasteiger partial charge in [-0.15, -0.1) is 0 Å². The number of nitrogen functional groups attached to an aromatic ring is 1. The summed E-state index contributed by atoms with van der Waals surface area (Å²) in [6.07, 6.45) is 2.45. The van der Waals surface area contributed by atoms with Gasteiger partial charge in [-0.3, -0.25) is 0 Å². The molecule has 3 aliphatic carbocycles. The molecule has 0 saturated carbocycles. The Morgan fingerprint density at radius 1 is 0.789 bits per heavy atom. The van der Waals surface area contributed by atoms with Gasteiger partial charge in [-0.1, -0.05) is 44.2 Å². The van der Waals surface area contributed by atoms with E-state index in [1.54, 1.807) is 0 Å². The number of nitrogens with two attached hydrogens (primary N) is 1. The normalized spacial score (nSPS) is 30.8. The van der Waals surface area contributed by atoms with Gasteiger partial charge in [0.15, 0.2) is 0 Å². The Morgan fingerprint density at radius 3 is 1.95 bits per heavy atom. The maximum Gasteiger partial charge on any atom is 0.0317 e. The van der Waals surface area contributed by atoms with Gasteiger partial charge < -0.3 is 5.73 Å². The Bertz CT molecular complexity index is 688. The third kappa shape index (κ3) is 1.16. The van der Waals surface area contributed by atoms with Gasteiger partial charge in [0.1, 0.15) is 0 Å². The summed E-state index contributed by atoms with van der Waals surface area (Å²) in [5.41, 5.74) is 13.2. The van der Waals surface area contributed by atoms with E-state index < -0.39 is 0 Å². The molecule has 96 valence electrons. The second kappa shape index (κ2) is 3.22. The number of hydrogen-bond donors (Lipinski definition) is 1. The van der Waals surface area contributed by atoms with Crippen molar-refractivity contribution in [3.63, 3.8) is 0 Å². The van der Waals surface area contributed by atoms with Crippen molar-refractivity contribution in [2.24, 2.45) is 0 Å². The van der Waals surface area contributed by atoms with Crippen LogP contribution in [-0.4, -0.2) is 0 Å². The van der Waals surface area contributed by atoms with Crippen molar-refractivity contribution in [1.82, 2.24) is 0 Å². The fourth-order valence-electron chi connectivity index (χ4n) is 4.27. The lowest BCUT2D eigenvalue weighted by Gasteiger charge is -2.53. The summed E-state index contributed by atoms with van der Waals surface area (Å²) in [7, 11) is 0. The zero-order chi connectivity index (χ0) is 13.3. The fraction of sp³-hybridized carbons (Fsp3) is 0.333. The number of anilines is 1. The molecule has 0 radical (unpaired) electrons. The Labute approximate surface area is 114 Å². The van der Waals surface area contributed by atoms with E-state index in [9.17, 15) is 0 Å². The van der Waals surface area contributed by atoms with Gasteiger partial charge in [0, 0.05) is 16.5 Å². The standard InChI is InChI=1S/C18H19N/c1-17-9-10-18(2,14-6-4-3-5-13(14)17)16-11-12(19)7-8-15(16)17/h3-8,11H,9-10,19H2,1-2H3. The minimum Gasteiger partial charge on any atom is -0.399 e. The molecule has 2 N–H and O–H groups in total. The molecule has 0 saturated heterocycles. The molecule has 0 fully saturated rings. The highest BCUT2D eigenvalue weighted by Gasteiger charge is 2.50. The number of fused-ring (bicyclic) bond motifs is 1. The number of benzene rings is 2. The summed E-state index contributed by atoms with van der Waals surface area (Å²) in [5.74, 6) is 0. The predicted molar refractivity (Wildman–Crippen MR) is 79.4 cm³/mol. The van der Waals surface area contributed by atoms with Gasteiger partial charge in [0.25, 0.3) is 0 Å². The molecule has 0 spiro atoms. The quantitative estimate of drug-likeness (QED) is 0.702. The van der Waals surface area contributed by atoms with Crippen LogP contribution >= 0.6 is 0 Å². The summed E-state index contributed by atoms with van der Waals surface area (Å²) in [5, 5.41) is 0. The van der Waals surface area contributed by atoms with E-state index in [1.165, 1.54) is 35.1 Å². The summed E-state index contributed by atoms with van der Waals surface area (Å²) in [6.45, 7) is 4.77. The van der Waals surface area contributed by atoms with Crippen molar-refractivity contribution < 1.29 is 0 Å². The van der Waals surface area contributed by atoms with Crippen molar-refractivity contribution in [2.45, 2.75) is 37.5 Å². The molecule has 2 aromatic rings. The van der Waals surface area contributed by atoms with E-state index in [0.29, 0.717) is 0 Å². The zero-order valence-electron chi connectivity index (χ0n) is 11.5. The van der Waals surface area contributed by atoms with Gasteiger partial charge in [0.05, 0.1) is 0 Å². The lowest BCUT2D eigenvalue weighted by molar-refractivity contribution is 0.327. The average Bonchev–Trinajstić information content (AvgIpc) is 2.42. The first-order valence-corrected chi connectivity index (χ1v) is 7.06. The van der Waals surface area contributed by atoms with Crippen LogP contribution in [0.15, 0.2) is 42.5 Å². The molecule has 5 rings (SSSR count). The van der Waals surface area contributed by atoms with E-state index in [4.69, 9.17) is 5.73 Å². The molecule has 2 bridgehead atoms. The lowest BCUT2D eigenvalue weighted by atomic mass is 9.50. The van der Waals surface area contributed by atoms with Crippen LogP contribution in [-0.2, 0) is 10.8 Å². The van der Waals surface area contributed by atoms with Crippen LogP contribution in [0, 0.1) is 0 Å². The molecule has 2 unspecified atom stereocenters. The number of hydrogen-bond acceptors (Lipinski definition) is 1. The molecule has 0 aromatic heterocycles. The van der Waals surface area contributed by atoms with Gasteiger partial charge in [-0.25, -0.2) is 0 Å². The van der Waals surface area contributed by atoms with Gasteiger partial charge in [-0.05, 0) is 47.2 Å². The first-order chi connectivity index (χ1) is 9.06. The van der Waals surface area contributed by atoms with E-state index in [0.717, 1.165) is 5.69 Å². The van der Waals surface area contributed by atoms with Crippen LogP contribution in [0.3, 0.4) is 0 Å². The molecule has 1 nitrogen and oxygen atoms in total. The Morgan fingerprint density at radius 2 is 1.32 bits per heavy atom. The minimum absolute atomic E-state index is 0.138. The second-order valence-corrected chi connectivity index (χ2v) is 6.51. The largest absolute Gasteiger partial charge is 0.399 e. The molecule has 19 heavy (non-hydrogen) atoms. The smallest absolute Gasteiger partial charge is 0.0317 e. The Balaban J connectivity index is 2.14. The summed E-state index contributed by atoms with van der Waals surface area (Å²) < 4.78 is 0. The summed E-state index contributed by atoms with van der Waals surface area (Å²) in [4.78, 5) is 0. The monoisotopic (exact) mass is 249 g/mol. The van der Waals surface area contributed by atoms with Crippen molar-refractivity contribution in [2.75, 3.05) is 5.73 Å². The Kier molecular flexibility index (Phi) is 1.88. The first-order valence-electron chi connectivity index (χ1n) is 7.06. The van der Waals surface area contributed by atoms with E-state index in [1.807, 2.05) is 0 Å². The maximum absolute atomic E-state index is 6.04. The predicted octanol–water partition coefficient (Wildman–Crippen LogP) is 3.99. The van der Waals surface area contributed by atoms with Gasteiger partial charge in [0.2, 0.25) is 0 Å². The summed E-state index contributed by atoms with van der Waals surface area (Å²) in [6, 6.07) is 15.5. The van der Waals surface area contributed by atoms with Crippen LogP contribution in [0.4, 0.5) is 5.69 Å². The molecule has 2 aromatic carbocycles. The highest BCUT2D eigenvalue weighted by Crippen LogP contribution is 2.59. The number of rotatable bonds is 0. The van der Waals surface area contributed by atoms with Crippen LogP contribution < -0.4 is 5.73 Å². The molecule has 0 amide bonds. The molecular weight excluding hydrogens is 230 g/mol. The Hall–Kier alpha value is -1.76. The maximum atomic E-state index is 6.04. The zero-order valence-corrected chi connectivity index (χ0v) is 11.5. The highest BCUT2D eigenvalue weighted by molar-refractivity contribution is 5.64. The molecule has 2 atom stereocenters. The topological polar surface area (TPSA) is 26.0 Å². The third-order valence-electron chi connectivity index (χ3n) is 5.47. The average molecular weight is 249 g/mol. The SMILES string of the molecule is CC12CCC(C)(c3ccccc31)c1cc(N)ccc12. The van der Waals surface area contributed by atoms with Crippen LogP contribution in [0.25, 0.3) is 0 Å². The van der Waals surface area contributed by atoms with Crippen LogP contribution in [0.5, 0.6) is 0 Å². The summed E-state index contributed by atoms with van der Waals surface area (Å²) >= 11 is 0. The van der Waals surface area contributed by atoms with Crippen molar-refractivity contribution in [3.05, 3.63) is 64.7 Å². The van der Waals surface area contributed by atoms with Crippen LogP contribution in [0.2, 0.25) is 0 Å². The van der Waals surface area contributed by atoms with Gasteiger partial charge in [-0.2, -0.15) is 0 Å². The molecule has 0 heterocycles. The minimum atomic E-state index is 0.138. The van der Waals surface area contributed by atoms with Crippen molar-refractivity contribution in [3.8, 4) is 0 Å². The molecule has 3 aliphatic rings. The van der Waals surface area contributed by atoms with E-state index >= 15 is 0 Å². The van der Waals surface area contributed by atoms with E-state index in [-0.39, 0.29) is 10.8 Å². The van der Waals surface area contributed by atoms with E-state index in [2.05, 4.69) is 56.3 Å².